The third kappa shape index (κ3) is 5.92. The second-order valence-electron chi connectivity index (χ2n) is 8.31. The normalized spacial score (nSPS) is 25.1. The summed E-state index contributed by atoms with van der Waals surface area (Å²) >= 11 is 6.46. The van der Waals surface area contributed by atoms with E-state index >= 15 is 0 Å². The van der Waals surface area contributed by atoms with Crippen LogP contribution in [-0.2, 0) is 30.2 Å². The van der Waals surface area contributed by atoms with Crippen LogP contribution in [0.5, 0.6) is 5.75 Å². The minimum atomic E-state index is -1.04. The van der Waals surface area contributed by atoms with Gasteiger partial charge < -0.3 is 24.1 Å². The van der Waals surface area contributed by atoms with Crippen LogP contribution in [0.15, 0.2) is 42.5 Å². The van der Waals surface area contributed by atoms with Crippen LogP contribution in [0.3, 0.4) is 0 Å². The van der Waals surface area contributed by atoms with Crippen molar-refractivity contribution < 1.29 is 33.6 Å². The van der Waals surface area contributed by atoms with Gasteiger partial charge in [-0.3, -0.25) is 9.59 Å². The topological polar surface area (TPSA) is 91.3 Å². The van der Waals surface area contributed by atoms with Gasteiger partial charge in [-0.1, -0.05) is 35.9 Å². The standard InChI is InChI=1S/C25H27ClO7/c1-15(28)31-23-12-22(33-24(13-27)25(23)29)17-4-7-21(26)18(11-17)10-16-2-5-19(6-3-16)32-20-8-9-30-14-20/h2-7,11,20,22-24,27H,8-10,12-14H2,1H3/t20-,22+,23+,24+/m0/s1. The maximum atomic E-state index is 12.4. The molecule has 0 aliphatic carbocycles. The number of carbonyl (C=O) groups is 2. The van der Waals surface area contributed by atoms with E-state index in [0.29, 0.717) is 18.1 Å². The molecule has 2 fully saturated rings. The number of ketones is 1. The molecule has 2 aromatic rings. The maximum Gasteiger partial charge on any atom is 0.303 e. The predicted octanol–water partition coefficient (Wildman–Crippen LogP) is 3.42. The summed E-state index contributed by atoms with van der Waals surface area (Å²) in [5.74, 6) is -0.166. The number of ether oxygens (including phenoxy) is 4. The van der Waals surface area contributed by atoms with Crippen LogP contribution >= 0.6 is 11.6 Å². The van der Waals surface area contributed by atoms with Crippen LogP contribution in [0.2, 0.25) is 5.02 Å². The molecule has 0 amide bonds. The predicted molar refractivity (Wildman–Crippen MR) is 120 cm³/mol. The minimum Gasteiger partial charge on any atom is -0.488 e. The lowest BCUT2D eigenvalue weighted by Gasteiger charge is -2.33. The highest BCUT2D eigenvalue weighted by atomic mass is 35.5. The Kier molecular flexibility index (Phi) is 7.65. The Labute approximate surface area is 197 Å². The van der Waals surface area contributed by atoms with Crippen molar-refractivity contribution in [2.24, 2.45) is 0 Å². The zero-order valence-corrected chi connectivity index (χ0v) is 19.1. The summed E-state index contributed by atoms with van der Waals surface area (Å²) < 4.78 is 22.2. The lowest BCUT2D eigenvalue weighted by molar-refractivity contribution is -0.175. The van der Waals surface area contributed by atoms with E-state index in [9.17, 15) is 14.7 Å². The van der Waals surface area contributed by atoms with Crippen molar-refractivity contribution in [3.8, 4) is 5.75 Å². The Morgan fingerprint density at radius 2 is 2.00 bits per heavy atom. The van der Waals surface area contributed by atoms with Gasteiger partial charge in [0.1, 0.15) is 18.0 Å². The van der Waals surface area contributed by atoms with Crippen molar-refractivity contribution in [3.63, 3.8) is 0 Å². The summed E-state index contributed by atoms with van der Waals surface area (Å²) in [5.41, 5.74) is 2.77. The molecule has 0 spiro atoms. The average Bonchev–Trinajstić information content (AvgIpc) is 3.31. The molecule has 2 heterocycles. The molecule has 33 heavy (non-hydrogen) atoms. The molecule has 2 aliphatic rings. The molecule has 2 saturated heterocycles. The number of esters is 1. The first kappa shape index (κ1) is 23.7. The summed E-state index contributed by atoms with van der Waals surface area (Å²) in [6.45, 7) is 2.13. The molecule has 0 saturated carbocycles. The highest BCUT2D eigenvalue weighted by molar-refractivity contribution is 6.31. The highest BCUT2D eigenvalue weighted by Gasteiger charge is 2.39. The zero-order valence-electron chi connectivity index (χ0n) is 18.4. The van der Waals surface area contributed by atoms with Crippen LogP contribution in [0.4, 0.5) is 0 Å². The van der Waals surface area contributed by atoms with E-state index in [1.165, 1.54) is 6.92 Å². The number of Topliss-reactive ketones (excluding diaryl/α,β-unsaturated/α-hetero) is 1. The molecule has 176 valence electrons. The molecular formula is C25H27ClO7. The summed E-state index contributed by atoms with van der Waals surface area (Å²) in [6.07, 6.45) is -0.712. The van der Waals surface area contributed by atoms with Crippen molar-refractivity contribution in [2.45, 2.75) is 50.6 Å². The van der Waals surface area contributed by atoms with E-state index in [0.717, 1.165) is 35.5 Å². The van der Waals surface area contributed by atoms with E-state index in [2.05, 4.69) is 0 Å². The van der Waals surface area contributed by atoms with Crippen molar-refractivity contribution in [2.75, 3.05) is 19.8 Å². The van der Waals surface area contributed by atoms with Gasteiger partial charge >= 0.3 is 5.97 Å². The number of halogens is 1. The Morgan fingerprint density at radius 3 is 2.67 bits per heavy atom. The molecule has 4 atom stereocenters. The first-order valence-electron chi connectivity index (χ1n) is 11.0. The monoisotopic (exact) mass is 474 g/mol. The van der Waals surface area contributed by atoms with Crippen LogP contribution in [0, 0.1) is 0 Å². The Hall–Kier alpha value is -2.45. The van der Waals surface area contributed by atoms with Crippen molar-refractivity contribution in [3.05, 3.63) is 64.2 Å². The largest absolute Gasteiger partial charge is 0.488 e. The third-order valence-electron chi connectivity index (χ3n) is 5.82. The molecule has 2 aromatic carbocycles. The van der Waals surface area contributed by atoms with Crippen LogP contribution in [-0.4, -0.2) is 55.0 Å². The lowest BCUT2D eigenvalue weighted by Crippen LogP contribution is -2.45. The van der Waals surface area contributed by atoms with E-state index in [-0.39, 0.29) is 12.5 Å². The number of hydrogen-bond donors (Lipinski definition) is 1. The van der Waals surface area contributed by atoms with Gasteiger partial charge in [-0.2, -0.15) is 0 Å². The first-order valence-corrected chi connectivity index (χ1v) is 11.4. The van der Waals surface area contributed by atoms with E-state index in [1.807, 2.05) is 36.4 Å². The molecule has 0 radical (unpaired) electrons. The summed E-state index contributed by atoms with van der Waals surface area (Å²) in [7, 11) is 0. The number of benzene rings is 2. The van der Waals surface area contributed by atoms with Crippen molar-refractivity contribution in [1.29, 1.82) is 0 Å². The Morgan fingerprint density at radius 1 is 1.21 bits per heavy atom. The maximum absolute atomic E-state index is 12.4. The zero-order chi connectivity index (χ0) is 23.4. The van der Waals surface area contributed by atoms with Gasteiger partial charge in [-0.25, -0.2) is 0 Å². The van der Waals surface area contributed by atoms with Crippen LogP contribution in [0.1, 0.15) is 42.6 Å². The van der Waals surface area contributed by atoms with E-state index in [4.69, 9.17) is 30.5 Å². The quantitative estimate of drug-likeness (QED) is 0.615. The SMILES string of the molecule is CC(=O)O[C@@H]1C[C@H](c2ccc(Cl)c(Cc3ccc(O[C@H]4CCOC4)cc3)c2)O[C@H](CO)C1=O. The van der Waals surface area contributed by atoms with Gasteiger partial charge in [0, 0.05) is 24.8 Å². The highest BCUT2D eigenvalue weighted by Crippen LogP contribution is 2.34. The van der Waals surface area contributed by atoms with Gasteiger partial charge in [0.2, 0.25) is 5.78 Å². The number of aliphatic hydroxyl groups excluding tert-OH is 1. The summed E-state index contributed by atoms with van der Waals surface area (Å²) in [6, 6.07) is 13.4. The van der Waals surface area contributed by atoms with Crippen molar-refractivity contribution >= 4 is 23.4 Å². The molecular weight excluding hydrogens is 448 g/mol. The first-order chi connectivity index (χ1) is 15.9. The smallest absolute Gasteiger partial charge is 0.303 e. The fraction of sp³-hybridized carbons (Fsp3) is 0.440. The van der Waals surface area contributed by atoms with Gasteiger partial charge in [0.05, 0.1) is 25.9 Å². The summed E-state index contributed by atoms with van der Waals surface area (Å²) in [5, 5.41) is 10.2. The molecule has 0 bridgehead atoms. The van der Waals surface area contributed by atoms with Gasteiger partial charge in [-0.15, -0.1) is 0 Å². The Balaban J connectivity index is 1.48. The van der Waals surface area contributed by atoms with Crippen LogP contribution < -0.4 is 4.74 Å². The second-order valence-corrected chi connectivity index (χ2v) is 8.71. The number of carbonyl (C=O) groups excluding carboxylic acids is 2. The molecule has 2 aliphatic heterocycles. The fourth-order valence-corrected chi connectivity index (χ4v) is 4.31. The molecule has 7 nitrogen and oxygen atoms in total. The van der Waals surface area contributed by atoms with E-state index in [1.54, 1.807) is 6.07 Å². The average molecular weight is 475 g/mol. The van der Waals surface area contributed by atoms with E-state index < -0.39 is 36.7 Å². The molecule has 0 aromatic heterocycles. The van der Waals surface area contributed by atoms with Gasteiger partial charge in [0.15, 0.2) is 6.10 Å². The fourth-order valence-electron chi connectivity index (χ4n) is 4.13. The molecule has 0 unspecified atom stereocenters. The van der Waals surface area contributed by atoms with Gasteiger partial charge in [-0.05, 0) is 41.3 Å². The Bertz CT molecular complexity index is 985. The van der Waals surface area contributed by atoms with Crippen LogP contribution in [0.25, 0.3) is 0 Å². The second kappa shape index (κ2) is 10.7. The number of hydrogen-bond acceptors (Lipinski definition) is 7. The number of rotatable bonds is 7. The summed E-state index contributed by atoms with van der Waals surface area (Å²) in [4.78, 5) is 23.8. The molecule has 8 heteroatoms. The van der Waals surface area contributed by atoms with Gasteiger partial charge in [0.25, 0.3) is 0 Å². The molecule has 4 rings (SSSR count). The number of aliphatic hydroxyl groups is 1. The van der Waals surface area contributed by atoms with Crippen molar-refractivity contribution in [1.82, 2.24) is 0 Å². The lowest BCUT2D eigenvalue weighted by atomic mass is 9.93. The third-order valence-corrected chi connectivity index (χ3v) is 6.18. The minimum absolute atomic E-state index is 0.0999. The molecule has 1 N–H and O–H groups in total.